The molecule has 1 aromatic carbocycles. The van der Waals surface area contributed by atoms with Gasteiger partial charge in [0.05, 0.1) is 6.20 Å². The highest BCUT2D eigenvalue weighted by atomic mass is 19.4. The molecule has 0 bridgehead atoms. The number of carbonyl (C=O) groups is 1. The van der Waals surface area contributed by atoms with Gasteiger partial charge in [-0.15, -0.1) is 0 Å². The predicted molar refractivity (Wildman–Crippen MR) is 99.9 cm³/mol. The Labute approximate surface area is 176 Å². The Morgan fingerprint density at radius 2 is 1.84 bits per heavy atom. The zero-order chi connectivity index (χ0) is 23.1. The third-order valence-corrected chi connectivity index (χ3v) is 3.52. The molecule has 3 rings (SSSR count). The van der Waals surface area contributed by atoms with Gasteiger partial charge in [0.1, 0.15) is 23.5 Å². The summed E-state index contributed by atoms with van der Waals surface area (Å²) in [6.07, 6.45) is -1.30. The molecule has 0 aliphatic rings. The van der Waals surface area contributed by atoms with Crippen molar-refractivity contribution < 1.29 is 36.2 Å². The van der Waals surface area contributed by atoms with Crippen molar-refractivity contribution in [1.29, 1.82) is 0 Å². The summed E-state index contributed by atoms with van der Waals surface area (Å²) in [7, 11) is 0. The van der Waals surface area contributed by atoms with Crippen molar-refractivity contribution in [1.82, 2.24) is 19.9 Å². The third-order valence-electron chi connectivity index (χ3n) is 3.52. The van der Waals surface area contributed by atoms with E-state index >= 15 is 0 Å². The Morgan fingerprint density at radius 3 is 2.53 bits per heavy atom. The number of ether oxygens (including phenoxy) is 2. The summed E-state index contributed by atoms with van der Waals surface area (Å²) in [6, 6.07) is 6.71. The van der Waals surface area contributed by atoms with Crippen molar-refractivity contribution >= 4 is 23.2 Å². The highest BCUT2D eigenvalue weighted by Gasteiger charge is 2.29. The van der Waals surface area contributed by atoms with Crippen LogP contribution in [0.15, 0.2) is 49.1 Å². The average Bonchev–Trinajstić information content (AvgIpc) is 2.74. The molecular weight excluding hydrogens is 443 g/mol. The van der Waals surface area contributed by atoms with Gasteiger partial charge in [0.15, 0.2) is 6.61 Å². The molecule has 168 valence electrons. The van der Waals surface area contributed by atoms with E-state index in [1.807, 2.05) is 0 Å². The molecule has 0 unspecified atom stereocenters. The van der Waals surface area contributed by atoms with Gasteiger partial charge in [-0.25, -0.2) is 15.0 Å². The summed E-state index contributed by atoms with van der Waals surface area (Å²) < 4.78 is 70.4. The number of anilines is 3. The van der Waals surface area contributed by atoms with Gasteiger partial charge >= 0.3 is 12.8 Å². The van der Waals surface area contributed by atoms with E-state index in [1.54, 1.807) is 0 Å². The van der Waals surface area contributed by atoms with Crippen LogP contribution in [0.4, 0.5) is 39.3 Å². The fourth-order valence-corrected chi connectivity index (χ4v) is 2.25. The van der Waals surface area contributed by atoms with E-state index in [0.29, 0.717) is 5.69 Å². The van der Waals surface area contributed by atoms with Crippen LogP contribution in [0, 0.1) is 0 Å². The number of benzene rings is 1. The molecule has 0 atom stereocenters. The minimum absolute atomic E-state index is 0.00182. The first-order chi connectivity index (χ1) is 15.2. The van der Waals surface area contributed by atoms with Crippen LogP contribution in [0.25, 0.3) is 0 Å². The van der Waals surface area contributed by atoms with Gasteiger partial charge in [-0.2, -0.15) is 26.9 Å². The first-order valence-electron chi connectivity index (χ1n) is 8.65. The van der Waals surface area contributed by atoms with Crippen LogP contribution >= 0.6 is 0 Å². The fourth-order valence-electron chi connectivity index (χ4n) is 2.25. The molecular formula is C18H13F5N6O3. The zero-order valence-electron chi connectivity index (χ0n) is 15.8. The van der Waals surface area contributed by atoms with Crippen molar-refractivity contribution in [3.63, 3.8) is 0 Å². The number of nitrogens with zero attached hydrogens (tertiary/aromatic N) is 4. The van der Waals surface area contributed by atoms with Crippen molar-refractivity contribution in [3.8, 4) is 11.6 Å². The molecule has 0 saturated carbocycles. The first-order valence-corrected chi connectivity index (χ1v) is 8.65. The zero-order valence-corrected chi connectivity index (χ0v) is 15.8. The van der Waals surface area contributed by atoms with Crippen LogP contribution in [0.3, 0.4) is 0 Å². The number of nitrogens with one attached hydrogen (secondary N) is 2. The first kappa shape index (κ1) is 22.6. The number of hydrogen-bond acceptors (Lipinski definition) is 8. The van der Waals surface area contributed by atoms with Crippen molar-refractivity contribution in [3.05, 3.63) is 54.7 Å². The largest absolute Gasteiger partial charge is 0.466 e. The van der Waals surface area contributed by atoms with E-state index in [1.165, 1.54) is 36.5 Å². The second kappa shape index (κ2) is 9.80. The number of alkyl halides is 5. The quantitative estimate of drug-likeness (QED) is 0.493. The van der Waals surface area contributed by atoms with E-state index < -0.39 is 31.2 Å². The smallest absolute Gasteiger partial charge is 0.422 e. The van der Waals surface area contributed by atoms with Gasteiger partial charge in [-0.1, -0.05) is 0 Å². The highest BCUT2D eigenvalue weighted by molar-refractivity contribution is 6.03. The van der Waals surface area contributed by atoms with Crippen LogP contribution in [-0.2, 0) is 0 Å². The van der Waals surface area contributed by atoms with E-state index in [0.717, 1.165) is 12.5 Å². The van der Waals surface area contributed by atoms with Crippen LogP contribution in [0.2, 0.25) is 0 Å². The Balaban J connectivity index is 1.68. The molecule has 3 aromatic rings. The lowest BCUT2D eigenvalue weighted by molar-refractivity contribution is -0.154. The van der Waals surface area contributed by atoms with Gasteiger partial charge < -0.3 is 20.1 Å². The summed E-state index contributed by atoms with van der Waals surface area (Å²) in [5, 5.41) is 5.09. The fraction of sp³-hybridized carbons (Fsp3) is 0.167. The van der Waals surface area contributed by atoms with Gasteiger partial charge in [0, 0.05) is 11.9 Å². The van der Waals surface area contributed by atoms with Gasteiger partial charge in [-0.05, 0) is 30.3 Å². The maximum absolute atomic E-state index is 12.5. The third kappa shape index (κ3) is 6.72. The molecule has 9 nitrogen and oxygen atoms in total. The summed E-state index contributed by atoms with van der Waals surface area (Å²) >= 11 is 0. The number of amides is 1. The molecule has 0 aliphatic carbocycles. The summed E-state index contributed by atoms with van der Waals surface area (Å²) in [5.74, 6) is -1.31. The Hall–Kier alpha value is -4.10. The maximum Gasteiger partial charge on any atom is 0.422 e. The van der Waals surface area contributed by atoms with Crippen molar-refractivity contribution in [2.45, 2.75) is 12.8 Å². The molecule has 14 heteroatoms. The molecule has 32 heavy (non-hydrogen) atoms. The van der Waals surface area contributed by atoms with E-state index in [-0.39, 0.29) is 23.1 Å². The topological polar surface area (TPSA) is 111 Å². The van der Waals surface area contributed by atoms with Crippen LogP contribution in [-0.4, -0.2) is 45.2 Å². The standard InChI is InChI=1S/C18H13F5N6O3/c19-16(20)32-11-3-1-10(2-4-11)27-17-25-6-5-12(29-17)14(30)28-13-7-24-9-26-15(13)31-8-18(21,22)23/h1-7,9,16H,8H2,(H,28,30)(H,25,27,29). The summed E-state index contributed by atoms with van der Waals surface area (Å²) in [6.45, 7) is -4.56. The SMILES string of the molecule is O=C(Nc1cncnc1OCC(F)(F)F)c1ccnc(Nc2ccc(OC(F)F)cc2)n1. The number of halogens is 5. The minimum Gasteiger partial charge on any atom is -0.466 e. The van der Waals surface area contributed by atoms with E-state index in [4.69, 9.17) is 0 Å². The normalized spacial score (nSPS) is 11.2. The van der Waals surface area contributed by atoms with Crippen molar-refractivity contribution in [2.75, 3.05) is 17.2 Å². The van der Waals surface area contributed by atoms with Crippen LogP contribution < -0.4 is 20.1 Å². The Kier molecular flexibility index (Phi) is 6.92. The number of aromatic nitrogens is 4. The molecule has 2 heterocycles. The average molecular weight is 456 g/mol. The molecule has 2 N–H and O–H groups in total. The molecule has 0 radical (unpaired) electrons. The number of rotatable bonds is 8. The molecule has 1 amide bonds. The van der Waals surface area contributed by atoms with Crippen LogP contribution in [0.5, 0.6) is 11.6 Å². The van der Waals surface area contributed by atoms with E-state index in [9.17, 15) is 26.7 Å². The lowest BCUT2D eigenvalue weighted by Gasteiger charge is -2.12. The molecule has 0 aliphatic heterocycles. The Morgan fingerprint density at radius 1 is 1.09 bits per heavy atom. The summed E-state index contributed by atoms with van der Waals surface area (Å²) in [4.78, 5) is 27.6. The second-order valence-electron chi connectivity index (χ2n) is 5.89. The van der Waals surface area contributed by atoms with Gasteiger partial charge in [0.25, 0.3) is 5.91 Å². The molecule has 0 fully saturated rings. The molecule has 0 saturated heterocycles. The second-order valence-corrected chi connectivity index (χ2v) is 5.89. The van der Waals surface area contributed by atoms with Crippen molar-refractivity contribution in [2.24, 2.45) is 0 Å². The monoisotopic (exact) mass is 456 g/mol. The summed E-state index contributed by atoms with van der Waals surface area (Å²) in [5.41, 5.74) is 0.0961. The molecule has 2 aromatic heterocycles. The van der Waals surface area contributed by atoms with E-state index in [2.05, 4.69) is 40.0 Å². The van der Waals surface area contributed by atoms with Gasteiger partial charge in [0.2, 0.25) is 11.8 Å². The lowest BCUT2D eigenvalue weighted by atomic mass is 10.3. The lowest BCUT2D eigenvalue weighted by Crippen LogP contribution is -2.21. The molecule has 0 spiro atoms. The highest BCUT2D eigenvalue weighted by Crippen LogP contribution is 2.24. The van der Waals surface area contributed by atoms with Gasteiger partial charge in [-0.3, -0.25) is 4.79 Å². The Bertz CT molecular complexity index is 1070. The predicted octanol–water partition coefficient (Wildman–Crippen LogP) is 3.81. The maximum atomic E-state index is 12.5. The minimum atomic E-state index is -4.59. The van der Waals surface area contributed by atoms with Crippen LogP contribution in [0.1, 0.15) is 10.5 Å². The number of carbonyl (C=O) groups excluding carboxylic acids is 1. The number of hydrogen-bond donors (Lipinski definition) is 2.